The highest BCUT2D eigenvalue weighted by molar-refractivity contribution is 7.89. The number of nitrogens with two attached hydrogens (primary N) is 1. The van der Waals surface area contributed by atoms with Crippen LogP contribution in [-0.2, 0) is 29.9 Å². The molecule has 7 heteroatoms. The predicted octanol–water partition coefficient (Wildman–Crippen LogP) is 0.513. The van der Waals surface area contributed by atoms with Gasteiger partial charge in [-0.05, 0) is 19.8 Å². The molecule has 0 unspecified atom stereocenters. The van der Waals surface area contributed by atoms with Crippen molar-refractivity contribution in [1.29, 1.82) is 0 Å². The van der Waals surface area contributed by atoms with Crippen LogP contribution >= 0.6 is 0 Å². The molecule has 1 heterocycles. The van der Waals surface area contributed by atoms with Crippen LogP contribution in [0, 0.1) is 0 Å². The molecule has 1 aromatic rings. The molecule has 1 atom stereocenters. The molecule has 0 saturated heterocycles. The quantitative estimate of drug-likeness (QED) is 0.827. The maximum atomic E-state index is 12.7. The molecule has 0 saturated carbocycles. The molecular weight excluding hydrogens is 264 g/mol. The van der Waals surface area contributed by atoms with Gasteiger partial charge in [-0.25, -0.2) is 8.42 Å². The van der Waals surface area contributed by atoms with E-state index in [0.29, 0.717) is 30.0 Å². The molecule has 1 aromatic heterocycles. The van der Waals surface area contributed by atoms with Gasteiger partial charge in [0.1, 0.15) is 4.90 Å². The van der Waals surface area contributed by atoms with Crippen molar-refractivity contribution < 1.29 is 8.42 Å². The molecule has 0 aliphatic carbocycles. The van der Waals surface area contributed by atoms with Crippen molar-refractivity contribution in [3.8, 4) is 0 Å². The van der Waals surface area contributed by atoms with Crippen LogP contribution in [0.25, 0.3) is 0 Å². The van der Waals surface area contributed by atoms with E-state index in [0.717, 1.165) is 5.69 Å². The second-order valence-electron chi connectivity index (χ2n) is 4.66. The van der Waals surface area contributed by atoms with Crippen LogP contribution in [0.4, 0.5) is 0 Å². The number of sulfonamides is 1. The molecule has 0 radical (unpaired) electrons. The maximum Gasteiger partial charge on any atom is 0.246 e. The molecule has 0 spiro atoms. The lowest BCUT2D eigenvalue weighted by Crippen LogP contribution is -2.40. The largest absolute Gasteiger partial charge is 0.329 e. The molecule has 1 rings (SSSR count). The van der Waals surface area contributed by atoms with Crippen molar-refractivity contribution in [3.05, 3.63) is 11.4 Å². The predicted molar refractivity (Wildman–Crippen MR) is 75.4 cm³/mol. The topological polar surface area (TPSA) is 81.2 Å². The average molecular weight is 288 g/mol. The van der Waals surface area contributed by atoms with Crippen LogP contribution in [-0.4, -0.2) is 42.1 Å². The van der Waals surface area contributed by atoms with Crippen molar-refractivity contribution >= 4 is 10.0 Å². The Balaban J connectivity index is 3.43. The fourth-order valence-electron chi connectivity index (χ4n) is 2.05. The minimum atomic E-state index is -3.54. The second kappa shape index (κ2) is 6.02. The summed E-state index contributed by atoms with van der Waals surface area (Å²) in [5.41, 5.74) is 6.93. The minimum absolute atomic E-state index is 0.236. The van der Waals surface area contributed by atoms with Crippen LogP contribution in [0.3, 0.4) is 0 Å². The van der Waals surface area contributed by atoms with Crippen LogP contribution in [0.1, 0.15) is 32.2 Å². The Morgan fingerprint density at radius 1 is 1.37 bits per heavy atom. The van der Waals surface area contributed by atoms with Crippen molar-refractivity contribution in [3.63, 3.8) is 0 Å². The molecule has 6 nitrogen and oxygen atoms in total. The average Bonchev–Trinajstić information content (AvgIpc) is 2.73. The Bertz CT molecular complexity index is 536. The summed E-state index contributed by atoms with van der Waals surface area (Å²) in [4.78, 5) is 0.350. The summed E-state index contributed by atoms with van der Waals surface area (Å²) in [6, 6.07) is -0.236. The lowest BCUT2D eigenvalue weighted by Gasteiger charge is -2.23. The van der Waals surface area contributed by atoms with E-state index in [9.17, 15) is 8.42 Å². The number of hydrogen-bond acceptors (Lipinski definition) is 4. The third kappa shape index (κ3) is 2.82. The van der Waals surface area contributed by atoms with Gasteiger partial charge >= 0.3 is 0 Å². The summed E-state index contributed by atoms with van der Waals surface area (Å²) >= 11 is 0. The van der Waals surface area contributed by atoms with Crippen molar-refractivity contribution in [2.24, 2.45) is 12.8 Å². The van der Waals surface area contributed by atoms with E-state index >= 15 is 0 Å². The van der Waals surface area contributed by atoms with Crippen molar-refractivity contribution in [1.82, 2.24) is 14.1 Å². The van der Waals surface area contributed by atoms with E-state index in [-0.39, 0.29) is 6.04 Å². The smallest absolute Gasteiger partial charge is 0.246 e. The van der Waals surface area contributed by atoms with Gasteiger partial charge in [0.15, 0.2) is 0 Å². The van der Waals surface area contributed by atoms with Crippen molar-refractivity contribution in [2.75, 3.05) is 13.6 Å². The van der Waals surface area contributed by atoms with E-state index in [1.165, 1.54) is 4.31 Å². The van der Waals surface area contributed by atoms with Crippen LogP contribution < -0.4 is 5.73 Å². The Morgan fingerprint density at radius 2 is 1.95 bits per heavy atom. The maximum absolute atomic E-state index is 12.7. The first-order valence-electron chi connectivity index (χ1n) is 6.54. The zero-order valence-corrected chi connectivity index (χ0v) is 13.2. The van der Waals surface area contributed by atoms with Gasteiger partial charge in [-0.3, -0.25) is 4.68 Å². The molecule has 0 aromatic carbocycles. The van der Waals surface area contributed by atoms with Gasteiger partial charge in [0.2, 0.25) is 10.0 Å². The van der Waals surface area contributed by atoms with Gasteiger partial charge in [0.25, 0.3) is 0 Å². The number of likely N-dealkylation sites (N-methyl/N-ethyl adjacent to an activating group) is 1. The standard InChI is InChI=1S/C12H24N4O2S/c1-6-10-12(11(7-2)15(4)14-10)19(17,18)16(5)9(3)8-13/h9H,6-8,13H2,1-5H3/t9-/m0/s1. The van der Waals surface area contributed by atoms with E-state index in [1.54, 1.807) is 25.7 Å². The number of nitrogens with zero attached hydrogens (tertiary/aromatic N) is 3. The molecule has 0 amide bonds. The molecule has 0 fully saturated rings. The van der Waals surface area contributed by atoms with Crippen LogP contribution in [0.5, 0.6) is 0 Å². The molecule has 0 aliphatic heterocycles. The third-order valence-electron chi connectivity index (χ3n) is 3.45. The van der Waals surface area contributed by atoms with Gasteiger partial charge in [0, 0.05) is 26.7 Å². The molecule has 2 N–H and O–H groups in total. The summed E-state index contributed by atoms with van der Waals surface area (Å²) < 4.78 is 28.4. The van der Waals surface area contributed by atoms with Crippen LogP contribution in [0.2, 0.25) is 0 Å². The first kappa shape index (κ1) is 16.1. The second-order valence-corrected chi connectivity index (χ2v) is 6.59. The number of rotatable bonds is 6. The minimum Gasteiger partial charge on any atom is -0.329 e. The van der Waals surface area contributed by atoms with E-state index < -0.39 is 10.0 Å². The van der Waals surface area contributed by atoms with Gasteiger partial charge in [-0.2, -0.15) is 9.40 Å². The summed E-state index contributed by atoms with van der Waals surface area (Å²) in [6.07, 6.45) is 1.22. The molecular formula is C12H24N4O2S. The Labute approximate surface area is 115 Å². The normalized spacial score (nSPS) is 14.1. The first-order chi connectivity index (χ1) is 8.81. The highest BCUT2D eigenvalue weighted by Gasteiger charge is 2.31. The number of hydrogen-bond donors (Lipinski definition) is 1. The Morgan fingerprint density at radius 3 is 2.37 bits per heavy atom. The van der Waals surface area contributed by atoms with E-state index in [2.05, 4.69) is 5.10 Å². The van der Waals surface area contributed by atoms with Gasteiger partial charge in [-0.1, -0.05) is 13.8 Å². The number of aromatic nitrogens is 2. The molecule has 110 valence electrons. The Kier molecular flexibility index (Phi) is 5.11. The zero-order valence-electron chi connectivity index (χ0n) is 12.3. The van der Waals surface area contributed by atoms with E-state index in [1.807, 2.05) is 13.8 Å². The third-order valence-corrected chi connectivity index (χ3v) is 5.56. The van der Waals surface area contributed by atoms with Crippen LogP contribution in [0.15, 0.2) is 4.90 Å². The fraction of sp³-hybridized carbons (Fsp3) is 0.750. The van der Waals surface area contributed by atoms with E-state index in [4.69, 9.17) is 5.73 Å². The molecule has 0 aliphatic rings. The monoisotopic (exact) mass is 288 g/mol. The lowest BCUT2D eigenvalue weighted by atomic mass is 10.2. The highest BCUT2D eigenvalue weighted by Crippen LogP contribution is 2.25. The highest BCUT2D eigenvalue weighted by atomic mass is 32.2. The lowest BCUT2D eigenvalue weighted by molar-refractivity contribution is 0.393. The summed E-state index contributed by atoms with van der Waals surface area (Å²) in [5.74, 6) is 0. The Hall–Kier alpha value is -0.920. The van der Waals surface area contributed by atoms with Gasteiger partial charge in [0.05, 0.1) is 11.4 Å². The first-order valence-corrected chi connectivity index (χ1v) is 7.98. The number of aryl methyl sites for hydroxylation is 2. The SMILES string of the molecule is CCc1nn(C)c(CC)c1S(=O)(=O)N(C)[C@@H](C)CN. The molecule has 19 heavy (non-hydrogen) atoms. The summed E-state index contributed by atoms with van der Waals surface area (Å²) in [5, 5.41) is 4.31. The molecule has 0 bridgehead atoms. The fourth-order valence-corrected chi connectivity index (χ4v) is 3.95. The summed E-state index contributed by atoms with van der Waals surface area (Å²) in [7, 11) is -0.196. The van der Waals surface area contributed by atoms with Gasteiger partial charge in [-0.15, -0.1) is 0 Å². The van der Waals surface area contributed by atoms with Gasteiger partial charge < -0.3 is 5.73 Å². The summed E-state index contributed by atoms with van der Waals surface area (Å²) in [6.45, 7) is 5.93. The zero-order chi connectivity index (χ0) is 14.8. The van der Waals surface area contributed by atoms with Crippen molar-refractivity contribution in [2.45, 2.75) is 44.6 Å².